The Labute approximate surface area is 226 Å². The lowest BCUT2D eigenvalue weighted by Crippen LogP contribution is -2.15. The molecular weight excluding hydrogens is 472 g/mol. The van der Waals surface area contributed by atoms with Crippen LogP contribution in [0.25, 0.3) is 71.2 Å². The Morgan fingerprint density at radius 2 is 1.23 bits per heavy atom. The van der Waals surface area contributed by atoms with Crippen LogP contribution in [-0.4, -0.2) is 9.55 Å². The van der Waals surface area contributed by atoms with Gasteiger partial charge in [-0.25, -0.2) is 0 Å². The molecule has 2 aromatic heterocycles. The number of aromatic amines is 1. The van der Waals surface area contributed by atoms with Crippen LogP contribution < -0.4 is 0 Å². The monoisotopic (exact) mass is 498 g/mol. The molecule has 0 amide bonds. The predicted molar refractivity (Wildman–Crippen MR) is 165 cm³/mol. The van der Waals surface area contributed by atoms with Crippen molar-refractivity contribution in [3.8, 4) is 16.8 Å². The molecule has 39 heavy (non-hydrogen) atoms. The summed E-state index contributed by atoms with van der Waals surface area (Å²) < 4.78 is 2.51. The smallest absolute Gasteiger partial charge is 0.0627 e. The van der Waals surface area contributed by atoms with Gasteiger partial charge in [-0.15, -0.1) is 0 Å². The molecule has 0 radical (unpaired) electrons. The van der Waals surface area contributed by atoms with Crippen molar-refractivity contribution >= 4 is 54.4 Å². The molecule has 0 atom stereocenters. The lowest BCUT2D eigenvalue weighted by Gasteiger charge is -2.22. The number of hydrogen-bond donors (Lipinski definition) is 1. The van der Waals surface area contributed by atoms with E-state index in [2.05, 4.69) is 139 Å². The van der Waals surface area contributed by atoms with Crippen LogP contribution in [0.15, 0.2) is 115 Å². The zero-order valence-electron chi connectivity index (χ0n) is 21.9. The van der Waals surface area contributed by atoms with Crippen molar-refractivity contribution in [1.29, 1.82) is 0 Å². The highest BCUT2D eigenvalue weighted by Crippen LogP contribution is 2.50. The van der Waals surface area contributed by atoms with Crippen molar-refractivity contribution in [2.24, 2.45) is 0 Å². The van der Waals surface area contributed by atoms with Crippen molar-refractivity contribution in [2.75, 3.05) is 0 Å². The van der Waals surface area contributed by atoms with Gasteiger partial charge in [-0.3, -0.25) is 0 Å². The van der Waals surface area contributed by atoms with E-state index in [1.165, 1.54) is 82.3 Å². The van der Waals surface area contributed by atoms with Crippen LogP contribution in [0.4, 0.5) is 0 Å². The average Bonchev–Trinajstić information content (AvgIpc) is 3.60. The number of benzene rings is 6. The van der Waals surface area contributed by atoms with E-state index in [9.17, 15) is 0 Å². The minimum Gasteiger partial charge on any atom is -0.354 e. The van der Waals surface area contributed by atoms with Crippen molar-refractivity contribution in [2.45, 2.75) is 19.3 Å². The van der Waals surface area contributed by atoms with E-state index in [4.69, 9.17) is 0 Å². The van der Waals surface area contributed by atoms with Crippen molar-refractivity contribution in [1.82, 2.24) is 9.55 Å². The molecule has 1 aliphatic carbocycles. The normalized spacial score (nSPS) is 14.1. The number of H-pyrrole nitrogens is 1. The third-order valence-electron chi connectivity index (χ3n) is 9.11. The summed E-state index contributed by atoms with van der Waals surface area (Å²) >= 11 is 0. The highest BCUT2D eigenvalue weighted by molar-refractivity contribution is 6.36. The Bertz CT molecular complexity index is 2310. The Hall–Kier alpha value is -4.82. The number of para-hydroxylation sites is 2. The molecule has 2 nitrogen and oxygen atoms in total. The first-order chi connectivity index (χ1) is 19.1. The summed E-state index contributed by atoms with van der Waals surface area (Å²) in [7, 11) is 0. The summed E-state index contributed by atoms with van der Waals surface area (Å²) in [5, 5.41) is 7.72. The number of aromatic nitrogens is 2. The fourth-order valence-electron chi connectivity index (χ4n) is 7.36. The summed E-state index contributed by atoms with van der Waals surface area (Å²) in [5.74, 6) is 0. The van der Waals surface area contributed by atoms with Gasteiger partial charge in [0.2, 0.25) is 0 Å². The van der Waals surface area contributed by atoms with E-state index in [1.807, 2.05) is 0 Å². The standard InChI is InChI=1S/C37H26N2/c1-37(2)29-16-8-5-11-23(29)24-20-19-22(21-30(24)37)39-32-18-10-7-15-28(32)34-33-27-14-6-9-17-31(27)38-35(33)25-12-3-4-13-26(25)36(34)39/h3-21,38H,1-2H3. The topological polar surface area (TPSA) is 20.7 Å². The Morgan fingerprint density at radius 1 is 0.564 bits per heavy atom. The van der Waals surface area contributed by atoms with Crippen LogP contribution in [0.3, 0.4) is 0 Å². The molecule has 8 aromatic rings. The predicted octanol–water partition coefficient (Wildman–Crippen LogP) is 9.88. The summed E-state index contributed by atoms with van der Waals surface area (Å²) in [6.07, 6.45) is 0. The highest BCUT2D eigenvalue weighted by atomic mass is 15.0. The molecule has 0 saturated heterocycles. The van der Waals surface area contributed by atoms with Crippen molar-refractivity contribution in [3.63, 3.8) is 0 Å². The average molecular weight is 499 g/mol. The van der Waals surface area contributed by atoms with Crippen LogP contribution in [0.1, 0.15) is 25.0 Å². The molecule has 1 N–H and O–H groups in total. The summed E-state index contributed by atoms with van der Waals surface area (Å²) in [6.45, 7) is 4.72. The number of nitrogens with one attached hydrogen (secondary N) is 1. The maximum atomic E-state index is 3.77. The van der Waals surface area contributed by atoms with E-state index >= 15 is 0 Å². The molecule has 0 spiro atoms. The molecule has 6 aromatic carbocycles. The molecule has 0 aliphatic heterocycles. The first-order valence-corrected chi connectivity index (χ1v) is 13.7. The van der Waals surface area contributed by atoms with Crippen molar-refractivity contribution in [3.05, 3.63) is 126 Å². The van der Waals surface area contributed by atoms with Crippen LogP contribution in [0.5, 0.6) is 0 Å². The first-order valence-electron chi connectivity index (χ1n) is 13.7. The second-order valence-corrected chi connectivity index (χ2v) is 11.4. The van der Waals surface area contributed by atoms with Gasteiger partial charge < -0.3 is 9.55 Å². The minimum absolute atomic E-state index is 0.0487. The fraction of sp³-hybridized carbons (Fsp3) is 0.0811. The minimum atomic E-state index is -0.0487. The third-order valence-corrected chi connectivity index (χ3v) is 9.11. The van der Waals surface area contributed by atoms with Crippen LogP contribution >= 0.6 is 0 Å². The van der Waals surface area contributed by atoms with Crippen molar-refractivity contribution < 1.29 is 0 Å². The highest BCUT2D eigenvalue weighted by Gasteiger charge is 2.35. The van der Waals surface area contributed by atoms with E-state index < -0.39 is 0 Å². The zero-order valence-corrected chi connectivity index (χ0v) is 21.9. The van der Waals surface area contributed by atoms with Gasteiger partial charge in [0.1, 0.15) is 0 Å². The van der Waals surface area contributed by atoms with E-state index in [0.29, 0.717) is 0 Å². The number of hydrogen-bond acceptors (Lipinski definition) is 0. The van der Waals surface area contributed by atoms with Gasteiger partial charge in [-0.2, -0.15) is 0 Å². The van der Waals surface area contributed by atoms with Gasteiger partial charge in [0.25, 0.3) is 0 Å². The quantitative estimate of drug-likeness (QED) is 0.232. The van der Waals surface area contributed by atoms with E-state index in [-0.39, 0.29) is 5.41 Å². The molecule has 2 heterocycles. The van der Waals surface area contributed by atoms with Gasteiger partial charge in [-0.1, -0.05) is 105 Å². The summed E-state index contributed by atoms with van der Waals surface area (Å²) in [5.41, 5.74) is 11.6. The van der Waals surface area contributed by atoms with Gasteiger partial charge in [0, 0.05) is 48.9 Å². The fourth-order valence-corrected chi connectivity index (χ4v) is 7.36. The molecule has 0 bridgehead atoms. The largest absolute Gasteiger partial charge is 0.354 e. The van der Waals surface area contributed by atoms with Crippen LogP contribution in [0.2, 0.25) is 0 Å². The second-order valence-electron chi connectivity index (χ2n) is 11.4. The van der Waals surface area contributed by atoms with Gasteiger partial charge in [-0.05, 0) is 46.5 Å². The van der Waals surface area contributed by atoms with E-state index in [0.717, 1.165) is 0 Å². The Balaban J connectivity index is 1.49. The SMILES string of the molecule is CC1(C)c2ccccc2-c2ccc(-n3c4ccccc4c4c5c6ccccc6[nH]c5c5ccccc5c43)cc21. The molecule has 184 valence electrons. The first kappa shape index (κ1) is 21.2. The Morgan fingerprint density at radius 3 is 2.10 bits per heavy atom. The van der Waals surface area contributed by atoms with Gasteiger partial charge >= 0.3 is 0 Å². The Kier molecular flexibility index (Phi) is 3.89. The molecule has 1 aliphatic rings. The lowest BCUT2D eigenvalue weighted by molar-refractivity contribution is 0.660. The summed E-state index contributed by atoms with van der Waals surface area (Å²) in [6, 6.07) is 42.4. The maximum absolute atomic E-state index is 3.77. The summed E-state index contributed by atoms with van der Waals surface area (Å²) in [4.78, 5) is 3.77. The third kappa shape index (κ3) is 2.56. The van der Waals surface area contributed by atoms with Crippen LogP contribution in [0, 0.1) is 0 Å². The maximum Gasteiger partial charge on any atom is 0.0627 e. The zero-order chi connectivity index (χ0) is 25.9. The van der Waals surface area contributed by atoms with Crippen LogP contribution in [-0.2, 0) is 5.41 Å². The number of rotatable bonds is 1. The van der Waals surface area contributed by atoms with E-state index in [1.54, 1.807) is 0 Å². The molecule has 0 fully saturated rings. The molecular formula is C37H26N2. The number of fused-ring (bicyclic) bond motifs is 13. The molecule has 9 rings (SSSR count). The number of nitrogens with zero attached hydrogens (tertiary/aromatic N) is 1. The van der Waals surface area contributed by atoms with Gasteiger partial charge in [0.15, 0.2) is 0 Å². The molecule has 0 saturated carbocycles. The molecule has 0 unspecified atom stereocenters. The van der Waals surface area contributed by atoms with Gasteiger partial charge in [0.05, 0.1) is 16.6 Å². The second kappa shape index (κ2) is 7.18. The molecule has 2 heteroatoms. The lowest BCUT2D eigenvalue weighted by atomic mass is 9.82.